The summed E-state index contributed by atoms with van der Waals surface area (Å²) in [5, 5.41) is 8.89. The third-order valence-corrected chi connectivity index (χ3v) is 4.40. The Morgan fingerprint density at radius 1 is 1.24 bits per heavy atom. The molecular weight excluding hydrogens is 208 g/mol. The largest absolute Gasteiger partial charge is 0.297 e. The van der Waals surface area contributed by atoms with Crippen molar-refractivity contribution in [1.29, 1.82) is 5.26 Å². The van der Waals surface area contributed by atoms with Gasteiger partial charge in [0.25, 0.3) is 0 Å². The summed E-state index contributed by atoms with van der Waals surface area (Å²) in [6, 6.07) is 3.81. The normalized spacial score (nSPS) is 26.6. The van der Waals surface area contributed by atoms with Crippen LogP contribution in [0.15, 0.2) is 11.6 Å². The molecule has 17 heavy (non-hydrogen) atoms. The molecule has 0 aromatic rings. The van der Waals surface area contributed by atoms with E-state index in [0.29, 0.717) is 6.04 Å². The molecule has 0 aromatic heterocycles. The minimum atomic E-state index is 0.695. The smallest absolute Gasteiger partial charge is 0.0943 e. The average molecular weight is 232 g/mol. The lowest BCUT2D eigenvalue weighted by molar-refractivity contribution is 0.103. The fourth-order valence-corrected chi connectivity index (χ4v) is 3.45. The quantitative estimate of drug-likeness (QED) is 0.742. The molecule has 1 unspecified atom stereocenters. The first kappa shape index (κ1) is 12.6. The number of nitrogens with zero attached hydrogens (tertiary/aromatic N) is 2. The summed E-state index contributed by atoms with van der Waals surface area (Å²) in [6.45, 7) is 3.46. The molecule has 0 aromatic carbocycles. The van der Waals surface area contributed by atoms with Crippen LogP contribution in [-0.4, -0.2) is 23.5 Å². The van der Waals surface area contributed by atoms with Crippen LogP contribution in [0.25, 0.3) is 0 Å². The van der Waals surface area contributed by atoms with Crippen LogP contribution in [0, 0.1) is 11.3 Å². The van der Waals surface area contributed by atoms with Crippen LogP contribution in [0.3, 0.4) is 0 Å². The molecule has 0 bridgehead atoms. The highest BCUT2D eigenvalue weighted by Crippen LogP contribution is 2.29. The van der Waals surface area contributed by atoms with Crippen LogP contribution in [0.4, 0.5) is 0 Å². The average Bonchev–Trinajstić information content (AvgIpc) is 2.42. The first-order valence-electron chi connectivity index (χ1n) is 7.20. The monoisotopic (exact) mass is 232 g/mol. The molecule has 0 heterocycles. The summed E-state index contributed by atoms with van der Waals surface area (Å²) in [6.07, 6.45) is 12.5. The number of nitriles is 1. The van der Waals surface area contributed by atoms with Gasteiger partial charge < -0.3 is 0 Å². The van der Waals surface area contributed by atoms with Gasteiger partial charge in [0.05, 0.1) is 6.07 Å². The molecule has 2 heteroatoms. The minimum Gasteiger partial charge on any atom is -0.297 e. The second-order valence-electron chi connectivity index (χ2n) is 5.39. The fourth-order valence-electron chi connectivity index (χ4n) is 3.45. The van der Waals surface area contributed by atoms with Crippen LogP contribution < -0.4 is 0 Å². The van der Waals surface area contributed by atoms with Crippen molar-refractivity contribution in [2.75, 3.05) is 6.54 Å². The summed E-state index contributed by atoms with van der Waals surface area (Å²) in [4.78, 5) is 2.71. The molecule has 2 rings (SSSR count). The van der Waals surface area contributed by atoms with Gasteiger partial charge in [-0.1, -0.05) is 32.3 Å². The maximum atomic E-state index is 8.89. The van der Waals surface area contributed by atoms with Crippen molar-refractivity contribution in [2.24, 2.45) is 0 Å². The number of rotatable bonds is 3. The maximum absolute atomic E-state index is 8.89. The zero-order valence-corrected chi connectivity index (χ0v) is 11.0. The van der Waals surface area contributed by atoms with E-state index in [1.807, 2.05) is 0 Å². The SMILES string of the molecule is CCN(C1CC=C(C#N)CC1)C1CCCCC1. The van der Waals surface area contributed by atoms with E-state index in [9.17, 15) is 0 Å². The first-order valence-corrected chi connectivity index (χ1v) is 7.20. The van der Waals surface area contributed by atoms with Crippen molar-refractivity contribution in [3.63, 3.8) is 0 Å². The molecule has 1 atom stereocenters. The van der Waals surface area contributed by atoms with Gasteiger partial charge in [-0.2, -0.15) is 5.26 Å². The fraction of sp³-hybridized carbons (Fsp3) is 0.800. The van der Waals surface area contributed by atoms with Crippen LogP contribution in [0.5, 0.6) is 0 Å². The predicted octanol–water partition coefficient (Wildman–Crippen LogP) is 3.64. The Morgan fingerprint density at radius 2 is 2.00 bits per heavy atom. The third kappa shape index (κ3) is 3.10. The van der Waals surface area contributed by atoms with Crippen molar-refractivity contribution in [3.05, 3.63) is 11.6 Å². The van der Waals surface area contributed by atoms with Crippen molar-refractivity contribution >= 4 is 0 Å². The predicted molar refractivity (Wildman–Crippen MR) is 70.6 cm³/mol. The van der Waals surface area contributed by atoms with Gasteiger partial charge in [0.1, 0.15) is 0 Å². The van der Waals surface area contributed by atoms with Gasteiger partial charge >= 0.3 is 0 Å². The molecule has 1 saturated carbocycles. The number of hydrogen-bond acceptors (Lipinski definition) is 2. The molecule has 0 saturated heterocycles. The van der Waals surface area contributed by atoms with Gasteiger partial charge in [-0.15, -0.1) is 0 Å². The Labute approximate surface area is 105 Å². The van der Waals surface area contributed by atoms with Gasteiger partial charge in [0.15, 0.2) is 0 Å². The van der Waals surface area contributed by atoms with E-state index < -0.39 is 0 Å². The zero-order valence-electron chi connectivity index (χ0n) is 11.0. The summed E-state index contributed by atoms with van der Waals surface area (Å²) in [7, 11) is 0. The van der Waals surface area contributed by atoms with E-state index in [4.69, 9.17) is 5.26 Å². The van der Waals surface area contributed by atoms with Crippen LogP contribution in [-0.2, 0) is 0 Å². The van der Waals surface area contributed by atoms with Crippen molar-refractivity contribution in [2.45, 2.75) is 70.4 Å². The first-order chi connectivity index (χ1) is 8.35. The van der Waals surface area contributed by atoms with Crippen LogP contribution in [0.1, 0.15) is 58.3 Å². The molecule has 0 radical (unpaired) electrons. The summed E-state index contributed by atoms with van der Waals surface area (Å²) < 4.78 is 0. The Hall–Kier alpha value is -0.810. The van der Waals surface area contributed by atoms with E-state index in [-0.39, 0.29) is 0 Å². The Morgan fingerprint density at radius 3 is 2.53 bits per heavy atom. The second kappa shape index (κ2) is 6.21. The standard InChI is InChI=1S/C15H24N2/c1-2-17(14-6-4-3-5-7-14)15-10-8-13(12-16)9-11-15/h8,14-15H,2-7,9-11H2,1H3. The lowest BCUT2D eigenvalue weighted by Crippen LogP contribution is -2.44. The molecule has 2 aliphatic rings. The Balaban J connectivity index is 1.95. The molecular formula is C15H24N2. The van der Waals surface area contributed by atoms with Gasteiger partial charge in [-0.3, -0.25) is 4.90 Å². The third-order valence-electron chi connectivity index (χ3n) is 4.40. The van der Waals surface area contributed by atoms with Crippen molar-refractivity contribution in [1.82, 2.24) is 4.90 Å². The lowest BCUT2D eigenvalue weighted by Gasteiger charge is -2.40. The van der Waals surface area contributed by atoms with Gasteiger partial charge in [-0.25, -0.2) is 0 Å². The zero-order chi connectivity index (χ0) is 12.1. The highest BCUT2D eigenvalue weighted by atomic mass is 15.2. The molecule has 94 valence electrons. The van der Waals surface area contributed by atoms with Gasteiger partial charge in [-0.05, 0) is 38.6 Å². The van der Waals surface area contributed by atoms with Crippen molar-refractivity contribution in [3.8, 4) is 6.07 Å². The van der Waals surface area contributed by atoms with Crippen molar-refractivity contribution < 1.29 is 0 Å². The topological polar surface area (TPSA) is 27.0 Å². The van der Waals surface area contributed by atoms with E-state index in [2.05, 4.69) is 24.0 Å². The molecule has 0 amide bonds. The minimum absolute atomic E-state index is 0.695. The van der Waals surface area contributed by atoms with Crippen LogP contribution >= 0.6 is 0 Å². The number of allylic oxidation sites excluding steroid dienone is 1. The highest BCUT2D eigenvalue weighted by Gasteiger charge is 2.27. The molecule has 2 aliphatic carbocycles. The van der Waals surface area contributed by atoms with E-state index in [0.717, 1.165) is 24.5 Å². The molecule has 0 spiro atoms. The number of hydrogen-bond donors (Lipinski definition) is 0. The Kier molecular flexibility index (Phi) is 4.62. The van der Waals surface area contributed by atoms with E-state index in [1.54, 1.807) is 0 Å². The molecule has 1 fully saturated rings. The van der Waals surface area contributed by atoms with E-state index >= 15 is 0 Å². The summed E-state index contributed by atoms with van der Waals surface area (Å²) >= 11 is 0. The summed E-state index contributed by atoms with van der Waals surface area (Å²) in [5.74, 6) is 0. The van der Waals surface area contributed by atoms with E-state index in [1.165, 1.54) is 45.1 Å². The van der Waals surface area contributed by atoms with Gasteiger partial charge in [0.2, 0.25) is 0 Å². The molecule has 0 N–H and O–H groups in total. The molecule has 0 aliphatic heterocycles. The summed E-state index contributed by atoms with van der Waals surface area (Å²) in [5.41, 5.74) is 1.00. The maximum Gasteiger partial charge on any atom is 0.0943 e. The Bertz CT molecular complexity index is 307. The van der Waals surface area contributed by atoms with Gasteiger partial charge in [0, 0.05) is 17.7 Å². The highest BCUT2D eigenvalue weighted by molar-refractivity contribution is 5.23. The second-order valence-corrected chi connectivity index (χ2v) is 5.39. The van der Waals surface area contributed by atoms with Crippen LogP contribution in [0.2, 0.25) is 0 Å². The molecule has 2 nitrogen and oxygen atoms in total. The lowest BCUT2D eigenvalue weighted by atomic mass is 9.89.